The molecule has 1 aliphatic heterocycles. The van der Waals surface area contributed by atoms with Crippen molar-refractivity contribution in [1.29, 1.82) is 0 Å². The number of morpholine rings is 1. The van der Waals surface area contributed by atoms with Gasteiger partial charge in [0.05, 0.1) is 25.9 Å². The highest BCUT2D eigenvalue weighted by Gasteiger charge is 2.35. The van der Waals surface area contributed by atoms with Gasteiger partial charge in [-0.15, -0.1) is 0 Å². The molecule has 1 saturated carbocycles. The van der Waals surface area contributed by atoms with Crippen molar-refractivity contribution in [1.82, 2.24) is 4.90 Å². The maximum Gasteiger partial charge on any atom is 0.191 e. The molecule has 0 radical (unpaired) electrons. The molecular weight excluding hydrogens is 230 g/mol. The molecule has 2 aliphatic rings. The summed E-state index contributed by atoms with van der Waals surface area (Å²) in [5.41, 5.74) is 5.91. The molecule has 0 spiro atoms. The van der Waals surface area contributed by atoms with Crippen LogP contribution in [0.15, 0.2) is 4.99 Å². The second-order valence-electron chi connectivity index (χ2n) is 5.69. The highest BCUT2D eigenvalue weighted by atomic mass is 16.5. The quantitative estimate of drug-likeness (QED) is 0.559. The zero-order chi connectivity index (χ0) is 13.0. The van der Waals surface area contributed by atoms with Gasteiger partial charge in [0.25, 0.3) is 0 Å². The minimum absolute atomic E-state index is 0.102. The van der Waals surface area contributed by atoms with Crippen molar-refractivity contribution < 1.29 is 9.84 Å². The number of nitrogens with two attached hydrogens (primary N) is 1. The summed E-state index contributed by atoms with van der Waals surface area (Å²) in [5, 5.41) is 10.1. The van der Waals surface area contributed by atoms with Crippen LogP contribution in [-0.2, 0) is 4.74 Å². The van der Waals surface area contributed by atoms with Crippen molar-refractivity contribution in [2.45, 2.75) is 38.7 Å². The normalized spacial score (nSPS) is 34.7. The highest BCUT2D eigenvalue weighted by Crippen LogP contribution is 2.36. The van der Waals surface area contributed by atoms with Gasteiger partial charge in [0, 0.05) is 18.5 Å². The summed E-state index contributed by atoms with van der Waals surface area (Å²) in [6.07, 6.45) is 3.99. The minimum Gasteiger partial charge on any atom is -0.392 e. The summed E-state index contributed by atoms with van der Waals surface area (Å²) >= 11 is 0. The number of aliphatic hydroxyl groups excluding tert-OH is 1. The first-order valence-electron chi connectivity index (χ1n) is 6.92. The van der Waals surface area contributed by atoms with Crippen LogP contribution >= 0.6 is 0 Å². The number of hydrogen-bond acceptors (Lipinski definition) is 3. The third-order valence-corrected chi connectivity index (χ3v) is 4.22. The summed E-state index contributed by atoms with van der Waals surface area (Å²) in [7, 11) is 0. The van der Waals surface area contributed by atoms with Crippen LogP contribution < -0.4 is 5.73 Å². The fraction of sp³-hybridized carbons (Fsp3) is 0.923. The molecule has 2 rings (SSSR count). The summed E-state index contributed by atoms with van der Waals surface area (Å²) in [5.74, 6) is 0.595. The Kier molecular flexibility index (Phi) is 4.45. The lowest BCUT2D eigenvalue weighted by molar-refractivity contribution is 0.00685. The van der Waals surface area contributed by atoms with E-state index in [1.165, 1.54) is 6.42 Å². The van der Waals surface area contributed by atoms with Crippen molar-refractivity contribution in [3.8, 4) is 0 Å². The van der Waals surface area contributed by atoms with E-state index >= 15 is 0 Å². The Balaban J connectivity index is 1.91. The minimum atomic E-state index is -0.243. The monoisotopic (exact) mass is 255 g/mol. The number of nitrogens with zero attached hydrogens (tertiary/aromatic N) is 2. The number of ether oxygens (including phenoxy) is 1. The highest BCUT2D eigenvalue weighted by molar-refractivity contribution is 5.78. The van der Waals surface area contributed by atoms with E-state index in [9.17, 15) is 5.11 Å². The van der Waals surface area contributed by atoms with Crippen LogP contribution in [0.5, 0.6) is 0 Å². The van der Waals surface area contributed by atoms with Gasteiger partial charge in [0.15, 0.2) is 5.96 Å². The van der Waals surface area contributed by atoms with E-state index in [1.807, 2.05) is 0 Å². The fourth-order valence-corrected chi connectivity index (χ4v) is 2.72. The first-order valence-corrected chi connectivity index (χ1v) is 6.92. The Morgan fingerprint density at radius 3 is 2.83 bits per heavy atom. The maximum atomic E-state index is 10.1. The van der Waals surface area contributed by atoms with E-state index < -0.39 is 0 Å². The van der Waals surface area contributed by atoms with Crippen LogP contribution in [0.3, 0.4) is 0 Å². The predicted octanol–water partition coefficient (Wildman–Crippen LogP) is 0.575. The van der Waals surface area contributed by atoms with Crippen molar-refractivity contribution in [3.63, 3.8) is 0 Å². The molecule has 18 heavy (non-hydrogen) atoms. The Morgan fingerprint density at radius 1 is 1.44 bits per heavy atom. The van der Waals surface area contributed by atoms with Crippen LogP contribution in [-0.4, -0.2) is 54.9 Å². The Morgan fingerprint density at radius 2 is 2.17 bits per heavy atom. The van der Waals surface area contributed by atoms with Crippen LogP contribution in [0.2, 0.25) is 0 Å². The zero-order valence-corrected chi connectivity index (χ0v) is 11.3. The Labute approximate surface area is 109 Å². The standard InChI is InChI=1S/C13H25N3O2/c1-13(5-3-2-4-11(13)17)10-15-12(14)16-6-8-18-9-7-16/h11,17H,2-10H2,1H3,(H2,14,15). The average Bonchev–Trinajstić information content (AvgIpc) is 2.41. The molecule has 0 amide bonds. The van der Waals surface area contributed by atoms with E-state index in [-0.39, 0.29) is 11.5 Å². The van der Waals surface area contributed by atoms with E-state index in [4.69, 9.17) is 10.5 Å². The third-order valence-electron chi connectivity index (χ3n) is 4.22. The average molecular weight is 255 g/mol. The lowest BCUT2D eigenvalue weighted by atomic mass is 9.73. The van der Waals surface area contributed by atoms with Gasteiger partial charge in [-0.3, -0.25) is 4.99 Å². The van der Waals surface area contributed by atoms with Crippen LogP contribution in [0.1, 0.15) is 32.6 Å². The molecule has 0 bridgehead atoms. The van der Waals surface area contributed by atoms with Gasteiger partial charge >= 0.3 is 0 Å². The van der Waals surface area contributed by atoms with Crippen LogP contribution in [0.25, 0.3) is 0 Å². The maximum absolute atomic E-state index is 10.1. The second kappa shape index (κ2) is 5.89. The SMILES string of the molecule is CC1(CN=C(N)N2CCOCC2)CCCCC1O. The van der Waals surface area contributed by atoms with Gasteiger partial charge < -0.3 is 20.5 Å². The van der Waals surface area contributed by atoms with Crippen LogP contribution in [0, 0.1) is 5.41 Å². The van der Waals surface area contributed by atoms with Gasteiger partial charge in [-0.05, 0) is 12.8 Å². The molecule has 0 aromatic rings. The number of aliphatic imine (C=N–C) groups is 1. The van der Waals surface area contributed by atoms with E-state index in [0.717, 1.165) is 45.6 Å². The summed E-state index contributed by atoms with van der Waals surface area (Å²) in [6, 6.07) is 0. The first kappa shape index (κ1) is 13.6. The summed E-state index contributed by atoms with van der Waals surface area (Å²) in [6.45, 7) is 5.81. The van der Waals surface area contributed by atoms with Gasteiger partial charge in [0.1, 0.15) is 0 Å². The molecule has 5 nitrogen and oxygen atoms in total. The molecule has 1 heterocycles. The Bertz CT molecular complexity index is 303. The molecule has 0 aromatic carbocycles. The number of rotatable bonds is 2. The van der Waals surface area contributed by atoms with Gasteiger partial charge in [0.2, 0.25) is 0 Å². The zero-order valence-electron chi connectivity index (χ0n) is 11.3. The molecule has 2 fully saturated rings. The smallest absolute Gasteiger partial charge is 0.191 e. The lowest BCUT2D eigenvalue weighted by Gasteiger charge is -2.37. The fourth-order valence-electron chi connectivity index (χ4n) is 2.72. The summed E-state index contributed by atoms with van der Waals surface area (Å²) in [4.78, 5) is 6.56. The third kappa shape index (κ3) is 3.14. The molecular formula is C13H25N3O2. The number of aliphatic hydroxyl groups is 1. The van der Waals surface area contributed by atoms with Crippen molar-refractivity contribution in [2.75, 3.05) is 32.8 Å². The lowest BCUT2D eigenvalue weighted by Crippen LogP contribution is -2.46. The van der Waals surface area contributed by atoms with E-state index in [2.05, 4.69) is 16.8 Å². The number of guanidine groups is 1. The molecule has 2 atom stereocenters. The van der Waals surface area contributed by atoms with E-state index in [1.54, 1.807) is 0 Å². The molecule has 1 saturated heterocycles. The second-order valence-corrected chi connectivity index (χ2v) is 5.69. The summed E-state index contributed by atoms with van der Waals surface area (Å²) < 4.78 is 5.29. The van der Waals surface area contributed by atoms with Crippen molar-refractivity contribution in [2.24, 2.45) is 16.1 Å². The molecule has 3 N–H and O–H groups in total. The first-order chi connectivity index (χ1) is 8.62. The predicted molar refractivity (Wildman–Crippen MR) is 71.5 cm³/mol. The van der Waals surface area contributed by atoms with Gasteiger partial charge in [-0.25, -0.2) is 0 Å². The molecule has 0 aromatic heterocycles. The largest absolute Gasteiger partial charge is 0.392 e. The molecule has 1 aliphatic carbocycles. The van der Waals surface area contributed by atoms with Crippen molar-refractivity contribution >= 4 is 5.96 Å². The van der Waals surface area contributed by atoms with E-state index in [0.29, 0.717) is 12.5 Å². The van der Waals surface area contributed by atoms with Gasteiger partial charge in [-0.2, -0.15) is 0 Å². The number of hydrogen-bond donors (Lipinski definition) is 2. The Hall–Kier alpha value is -0.810. The molecule has 104 valence electrons. The van der Waals surface area contributed by atoms with Gasteiger partial charge in [-0.1, -0.05) is 19.8 Å². The van der Waals surface area contributed by atoms with Crippen LogP contribution in [0.4, 0.5) is 0 Å². The van der Waals surface area contributed by atoms with Crippen molar-refractivity contribution in [3.05, 3.63) is 0 Å². The topological polar surface area (TPSA) is 71.1 Å². The molecule has 2 unspecified atom stereocenters. The molecule has 5 heteroatoms.